The van der Waals surface area contributed by atoms with E-state index in [9.17, 15) is 0 Å². The van der Waals surface area contributed by atoms with Crippen LogP contribution in [0.3, 0.4) is 0 Å². The lowest BCUT2D eigenvalue weighted by atomic mass is 10.1. The summed E-state index contributed by atoms with van der Waals surface area (Å²) in [5, 5.41) is 4.20. The predicted octanol–water partition coefficient (Wildman–Crippen LogP) is 4.72. The lowest BCUT2D eigenvalue weighted by Gasteiger charge is -2.30. The lowest BCUT2D eigenvalue weighted by molar-refractivity contribution is 1.46. The zero-order valence-corrected chi connectivity index (χ0v) is 17.1. The Kier molecular flexibility index (Phi) is 5.36. The van der Waals surface area contributed by atoms with Crippen molar-refractivity contribution in [1.29, 1.82) is 0 Å². The van der Waals surface area contributed by atoms with Crippen LogP contribution in [0.2, 0.25) is 0 Å². The minimum absolute atomic E-state index is 1.24. The molecule has 0 amide bonds. The molecule has 0 radical (unpaired) electrons. The number of aryl methyl sites for hydroxylation is 1. The third-order valence-corrected chi connectivity index (χ3v) is 9.69. The number of benzene rings is 4. The fourth-order valence-electron chi connectivity index (χ4n) is 3.79. The number of rotatable bonds is 5. The Morgan fingerprint density at radius 2 is 0.893 bits per heavy atom. The Bertz CT molecular complexity index is 937. The number of hydrogen-bond acceptors (Lipinski definition) is 0. The van der Waals surface area contributed by atoms with Crippen molar-refractivity contribution in [3.63, 3.8) is 0 Å². The first-order chi connectivity index (χ1) is 13.8. The minimum Gasteiger partial charge on any atom is -0.0812 e. The van der Waals surface area contributed by atoms with Gasteiger partial charge in [0.05, 0.1) is 0 Å². The van der Waals surface area contributed by atoms with Crippen molar-refractivity contribution in [3.05, 3.63) is 132 Å². The summed E-state index contributed by atoms with van der Waals surface area (Å²) in [6.45, 7) is 2.13. The topological polar surface area (TPSA) is 0 Å². The molecule has 4 aromatic carbocycles. The normalized spacial score (nSPS) is 11.6. The van der Waals surface area contributed by atoms with Crippen LogP contribution in [-0.2, 0) is 0 Å². The minimum atomic E-state index is -2.30. The monoisotopic (exact) mass is 376 g/mol. The molecule has 0 bridgehead atoms. The van der Waals surface area contributed by atoms with E-state index >= 15 is 0 Å². The van der Waals surface area contributed by atoms with Gasteiger partial charge in [0.2, 0.25) is 0 Å². The van der Waals surface area contributed by atoms with E-state index in [1.807, 2.05) is 0 Å². The fraction of sp³-hybridized carbons (Fsp3) is 0.0370. The molecule has 0 aromatic heterocycles. The van der Waals surface area contributed by atoms with Crippen LogP contribution in [0.25, 0.3) is 6.08 Å². The SMILES string of the molecule is Cc1ccc(/C=C\[Si](c2ccccc2)(c2ccccc2)c2ccccc2)cc1. The molecule has 4 aromatic rings. The maximum atomic E-state index is 2.48. The summed E-state index contributed by atoms with van der Waals surface area (Å²) < 4.78 is 0. The van der Waals surface area contributed by atoms with Crippen molar-refractivity contribution in [3.8, 4) is 0 Å². The van der Waals surface area contributed by atoms with E-state index in [-0.39, 0.29) is 0 Å². The van der Waals surface area contributed by atoms with Crippen molar-refractivity contribution in [2.75, 3.05) is 0 Å². The third kappa shape index (κ3) is 3.62. The molecular formula is C27H24Si. The van der Waals surface area contributed by atoms with Gasteiger partial charge in [-0.3, -0.25) is 0 Å². The Labute approximate surface area is 168 Å². The van der Waals surface area contributed by atoms with E-state index in [4.69, 9.17) is 0 Å². The van der Waals surface area contributed by atoms with Crippen LogP contribution in [0.5, 0.6) is 0 Å². The van der Waals surface area contributed by atoms with Crippen LogP contribution in [0, 0.1) is 6.92 Å². The fourth-order valence-corrected chi connectivity index (χ4v) is 7.97. The van der Waals surface area contributed by atoms with Crippen LogP contribution in [0.1, 0.15) is 11.1 Å². The van der Waals surface area contributed by atoms with Crippen LogP contribution < -0.4 is 15.6 Å². The predicted molar refractivity (Wildman–Crippen MR) is 124 cm³/mol. The van der Waals surface area contributed by atoms with Gasteiger partial charge in [-0.25, -0.2) is 0 Å². The second-order valence-electron chi connectivity index (χ2n) is 7.15. The molecule has 0 N–H and O–H groups in total. The molecule has 0 saturated heterocycles. The van der Waals surface area contributed by atoms with Crippen molar-refractivity contribution < 1.29 is 0 Å². The molecule has 136 valence electrons. The van der Waals surface area contributed by atoms with Gasteiger partial charge in [-0.1, -0.05) is 133 Å². The Morgan fingerprint density at radius 3 is 1.29 bits per heavy atom. The van der Waals surface area contributed by atoms with E-state index in [2.05, 4.69) is 134 Å². The summed E-state index contributed by atoms with van der Waals surface area (Å²) >= 11 is 0. The summed E-state index contributed by atoms with van der Waals surface area (Å²) in [5.74, 6) is 0. The van der Waals surface area contributed by atoms with Gasteiger partial charge in [-0.05, 0) is 28.0 Å². The first kappa shape index (κ1) is 18.2. The van der Waals surface area contributed by atoms with Gasteiger partial charge >= 0.3 is 0 Å². The number of hydrogen-bond donors (Lipinski definition) is 0. The second-order valence-corrected chi connectivity index (χ2v) is 10.8. The molecule has 0 spiro atoms. The molecule has 0 unspecified atom stereocenters. The lowest BCUT2D eigenvalue weighted by Crippen LogP contribution is -2.66. The summed E-state index contributed by atoms with van der Waals surface area (Å²) in [7, 11) is -2.30. The van der Waals surface area contributed by atoms with Crippen molar-refractivity contribution in [2.45, 2.75) is 6.92 Å². The van der Waals surface area contributed by atoms with Gasteiger partial charge in [0.25, 0.3) is 0 Å². The zero-order chi connectivity index (χ0) is 19.2. The van der Waals surface area contributed by atoms with E-state index in [1.165, 1.54) is 26.7 Å². The Balaban J connectivity index is 1.97. The standard InChI is InChI=1S/C27H24Si/c1-23-17-19-24(20-18-23)21-22-28(25-11-5-2-6-12-25,26-13-7-3-8-14-26)27-15-9-4-10-16-27/h2-22H,1H3/b22-21-. The van der Waals surface area contributed by atoms with Crippen LogP contribution in [0.4, 0.5) is 0 Å². The van der Waals surface area contributed by atoms with Crippen molar-refractivity contribution in [1.82, 2.24) is 0 Å². The van der Waals surface area contributed by atoms with Gasteiger partial charge in [-0.15, -0.1) is 0 Å². The van der Waals surface area contributed by atoms with Gasteiger partial charge in [0, 0.05) is 0 Å². The molecule has 1 heteroatoms. The molecule has 0 nitrogen and oxygen atoms in total. The van der Waals surface area contributed by atoms with Crippen LogP contribution >= 0.6 is 0 Å². The molecule has 4 rings (SSSR count). The highest BCUT2D eigenvalue weighted by Crippen LogP contribution is 2.13. The first-order valence-corrected chi connectivity index (χ1v) is 11.8. The smallest absolute Gasteiger partial charge is 0.0812 e. The third-order valence-electron chi connectivity index (χ3n) is 5.29. The van der Waals surface area contributed by atoms with Gasteiger partial charge in [0.1, 0.15) is 0 Å². The summed E-state index contributed by atoms with van der Waals surface area (Å²) in [5.41, 5.74) is 5.01. The van der Waals surface area contributed by atoms with Crippen LogP contribution in [-0.4, -0.2) is 8.07 Å². The highest BCUT2D eigenvalue weighted by atomic mass is 28.3. The molecule has 28 heavy (non-hydrogen) atoms. The molecule has 0 atom stereocenters. The van der Waals surface area contributed by atoms with E-state index in [1.54, 1.807) is 0 Å². The van der Waals surface area contributed by atoms with E-state index < -0.39 is 8.07 Å². The van der Waals surface area contributed by atoms with Gasteiger partial charge < -0.3 is 0 Å². The molecule has 0 aliphatic carbocycles. The molecule has 0 heterocycles. The summed E-state index contributed by atoms with van der Waals surface area (Å²) in [6, 6.07) is 41.7. The zero-order valence-electron chi connectivity index (χ0n) is 16.1. The summed E-state index contributed by atoms with van der Waals surface area (Å²) in [6.07, 6.45) is 2.30. The average Bonchev–Trinajstić information content (AvgIpc) is 2.78. The Morgan fingerprint density at radius 1 is 0.500 bits per heavy atom. The van der Waals surface area contributed by atoms with Crippen molar-refractivity contribution >= 4 is 29.7 Å². The highest BCUT2D eigenvalue weighted by molar-refractivity contribution is 7.15. The van der Waals surface area contributed by atoms with E-state index in [0.717, 1.165) is 0 Å². The second kappa shape index (κ2) is 8.24. The van der Waals surface area contributed by atoms with Crippen molar-refractivity contribution in [2.24, 2.45) is 0 Å². The maximum Gasteiger partial charge on any atom is 0.172 e. The first-order valence-electron chi connectivity index (χ1n) is 9.71. The molecule has 0 aliphatic heterocycles. The van der Waals surface area contributed by atoms with Gasteiger partial charge in [-0.2, -0.15) is 0 Å². The Hall–Kier alpha value is -3.16. The van der Waals surface area contributed by atoms with Crippen LogP contribution in [0.15, 0.2) is 121 Å². The average molecular weight is 377 g/mol. The summed E-state index contributed by atoms with van der Waals surface area (Å²) in [4.78, 5) is 0. The quantitative estimate of drug-likeness (QED) is 0.349. The van der Waals surface area contributed by atoms with E-state index in [0.29, 0.717) is 0 Å². The highest BCUT2D eigenvalue weighted by Gasteiger charge is 2.36. The molecule has 0 fully saturated rings. The molecule has 0 saturated carbocycles. The molecular weight excluding hydrogens is 352 g/mol. The maximum absolute atomic E-state index is 2.48. The van der Waals surface area contributed by atoms with Gasteiger partial charge in [0.15, 0.2) is 8.07 Å². The largest absolute Gasteiger partial charge is 0.172 e. The molecule has 0 aliphatic rings.